The van der Waals surface area contributed by atoms with E-state index in [1.54, 1.807) is 0 Å². The maximum Gasteiger partial charge on any atom is 0.255 e. The average molecular weight is 411 g/mol. The summed E-state index contributed by atoms with van der Waals surface area (Å²) in [5.41, 5.74) is 3.93. The summed E-state index contributed by atoms with van der Waals surface area (Å²) in [4.78, 5) is 13.3. The number of nitrogens with zero attached hydrogens (tertiary/aromatic N) is 1. The summed E-state index contributed by atoms with van der Waals surface area (Å²) in [6, 6.07) is 18.2. The van der Waals surface area contributed by atoms with Crippen molar-refractivity contribution in [3.05, 3.63) is 81.6 Å². The molecule has 2 heterocycles. The Kier molecular flexibility index (Phi) is 5.56. The number of hydrogen-bond acceptors (Lipinski definition) is 4. The van der Waals surface area contributed by atoms with E-state index in [-0.39, 0.29) is 23.1 Å². The van der Waals surface area contributed by atoms with E-state index >= 15 is 0 Å². The largest absolute Gasteiger partial charge is 0.309 e. The molecule has 5 nitrogen and oxygen atoms in total. The van der Waals surface area contributed by atoms with Crippen LogP contribution in [0.1, 0.15) is 23.1 Å². The molecule has 0 spiro atoms. The molecule has 1 aromatic heterocycles. The minimum atomic E-state index is -2.94. The Labute approximate surface area is 171 Å². The molecule has 2 aromatic carbocycles. The summed E-state index contributed by atoms with van der Waals surface area (Å²) in [6.45, 7) is 3.02. The topological polar surface area (TPSA) is 68.2 Å². The van der Waals surface area contributed by atoms with Crippen molar-refractivity contribution in [2.24, 2.45) is 0 Å². The van der Waals surface area contributed by atoms with Gasteiger partial charge in [0.05, 0.1) is 17.0 Å². The maximum absolute atomic E-state index is 13.3. The van der Waals surface area contributed by atoms with Crippen molar-refractivity contribution in [3.63, 3.8) is 0 Å². The predicted octanol–water partition coefficient (Wildman–Crippen LogP) is 2.83. The molecule has 0 radical (unpaired) electrons. The minimum absolute atomic E-state index is 0.00705. The van der Waals surface area contributed by atoms with Gasteiger partial charge in [-0.3, -0.25) is 4.79 Å². The fourth-order valence-electron chi connectivity index (χ4n) is 3.99. The molecule has 1 saturated heterocycles. The third-order valence-electron chi connectivity index (χ3n) is 5.61. The van der Waals surface area contributed by atoms with Gasteiger partial charge in [-0.25, -0.2) is 8.42 Å². The summed E-state index contributed by atoms with van der Waals surface area (Å²) in [6.07, 6.45) is 1.39. The highest BCUT2D eigenvalue weighted by atomic mass is 32.2. The van der Waals surface area contributed by atoms with Crippen LogP contribution >= 0.6 is 0 Å². The van der Waals surface area contributed by atoms with Crippen molar-refractivity contribution in [1.82, 2.24) is 9.88 Å². The molecule has 0 aliphatic carbocycles. The van der Waals surface area contributed by atoms with Crippen LogP contribution in [0.5, 0.6) is 0 Å². The first kappa shape index (κ1) is 19.9. The second-order valence-corrected chi connectivity index (χ2v) is 10.1. The molecule has 0 bridgehead atoms. The van der Waals surface area contributed by atoms with Crippen LogP contribution in [-0.2, 0) is 29.3 Å². The Balaban J connectivity index is 1.63. The van der Waals surface area contributed by atoms with E-state index in [2.05, 4.69) is 29.6 Å². The first-order valence-electron chi connectivity index (χ1n) is 10.0. The second kappa shape index (κ2) is 8.13. The van der Waals surface area contributed by atoms with Crippen molar-refractivity contribution in [2.75, 3.05) is 11.5 Å². The number of aryl methyl sites for hydroxylation is 3. The van der Waals surface area contributed by atoms with Crippen LogP contribution in [0.4, 0.5) is 0 Å². The number of nitrogens with one attached hydrogen (secondary N) is 1. The van der Waals surface area contributed by atoms with Crippen molar-refractivity contribution < 1.29 is 8.42 Å². The summed E-state index contributed by atoms with van der Waals surface area (Å²) in [7, 11) is -2.94. The van der Waals surface area contributed by atoms with Gasteiger partial charge in [0.2, 0.25) is 0 Å². The summed E-state index contributed by atoms with van der Waals surface area (Å²) in [5, 5.41) is 4.31. The average Bonchev–Trinajstić information content (AvgIpc) is 3.05. The van der Waals surface area contributed by atoms with Crippen LogP contribution in [0.3, 0.4) is 0 Å². The van der Waals surface area contributed by atoms with Gasteiger partial charge in [0, 0.05) is 24.7 Å². The maximum atomic E-state index is 13.3. The van der Waals surface area contributed by atoms with E-state index in [0.717, 1.165) is 22.9 Å². The number of rotatable bonds is 6. The third kappa shape index (κ3) is 4.60. The van der Waals surface area contributed by atoms with Crippen LogP contribution in [0, 0.1) is 6.92 Å². The van der Waals surface area contributed by atoms with Gasteiger partial charge < -0.3 is 9.88 Å². The predicted molar refractivity (Wildman–Crippen MR) is 117 cm³/mol. The molecule has 4 rings (SSSR count). The van der Waals surface area contributed by atoms with Crippen LogP contribution in [0.25, 0.3) is 10.9 Å². The molecule has 0 saturated carbocycles. The zero-order chi connectivity index (χ0) is 20.4. The van der Waals surface area contributed by atoms with E-state index in [1.165, 1.54) is 5.56 Å². The summed E-state index contributed by atoms with van der Waals surface area (Å²) < 4.78 is 25.2. The highest BCUT2D eigenvalue weighted by molar-refractivity contribution is 7.91. The van der Waals surface area contributed by atoms with Crippen LogP contribution in [-0.4, -0.2) is 30.5 Å². The number of aromatic nitrogens is 1. The molecule has 0 unspecified atom stereocenters. The van der Waals surface area contributed by atoms with Crippen LogP contribution in [0.2, 0.25) is 0 Å². The number of benzene rings is 2. The SMILES string of the molecule is Cc1ccc2cc(CN[C@@H]3CCS(=O)(=O)C3)c(=O)n(CCc3ccccc3)c2c1. The minimum Gasteiger partial charge on any atom is -0.309 e. The molecule has 152 valence electrons. The first-order valence-corrected chi connectivity index (χ1v) is 11.8. The Morgan fingerprint density at radius 1 is 1.10 bits per heavy atom. The molecule has 1 aliphatic heterocycles. The highest BCUT2D eigenvalue weighted by Gasteiger charge is 2.27. The van der Waals surface area contributed by atoms with Gasteiger partial charge in [-0.1, -0.05) is 42.5 Å². The number of fused-ring (bicyclic) bond motifs is 1. The molecular formula is C23H26N2O3S. The van der Waals surface area contributed by atoms with Gasteiger partial charge in [-0.05, 0) is 48.4 Å². The fraction of sp³-hybridized carbons (Fsp3) is 0.348. The van der Waals surface area contributed by atoms with Gasteiger partial charge in [-0.2, -0.15) is 0 Å². The van der Waals surface area contributed by atoms with Gasteiger partial charge in [0.1, 0.15) is 0 Å². The lowest BCUT2D eigenvalue weighted by atomic mass is 10.1. The molecule has 6 heteroatoms. The molecule has 29 heavy (non-hydrogen) atoms. The molecule has 1 atom stereocenters. The zero-order valence-electron chi connectivity index (χ0n) is 16.6. The van der Waals surface area contributed by atoms with Crippen LogP contribution in [0.15, 0.2) is 59.4 Å². The number of sulfone groups is 1. The van der Waals surface area contributed by atoms with Gasteiger partial charge in [0.25, 0.3) is 5.56 Å². The van der Waals surface area contributed by atoms with E-state index in [0.29, 0.717) is 25.1 Å². The van der Waals surface area contributed by atoms with Crippen molar-refractivity contribution in [1.29, 1.82) is 0 Å². The Hall–Kier alpha value is -2.44. The Bertz CT molecular complexity index is 1180. The summed E-state index contributed by atoms with van der Waals surface area (Å²) >= 11 is 0. The first-order chi connectivity index (χ1) is 13.9. The number of hydrogen-bond donors (Lipinski definition) is 1. The molecule has 1 N–H and O–H groups in total. The molecule has 1 fully saturated rings. The smallest absolute Gasteiger partial charge is 0.255 e. The van der Waals surface area contributed by atoms with Crippen molar-refractivity contribution >= 4 is 20.7 Å². The number of pyridine rings is 1. The quantitative estimate of drug-likeness (QED) is 0.679. The fourth-order valence-corrected chi connectivity index (χ4v) is 5.69. The van der Waals surface area contributed by atoms with E-state index < -0.39 is 9.84 Å². The Morgan fingerprint density at radius 3 is 2.62 bits per heavy atom. The van der Waals surface area contributed by atoms with Crippen molar-refractivity contribution in [3.8, 4) is 0 Å². The normalized spacial score (nSPS) is 18.3. The summed E-state index contributed by atoms with van der Waals surface area (Å²) in [5.74, 6) is 0.380. The third-order valence-corrected chi connectivity index (χ3v) is 7.37. The monoisotopic (exact) mass is 410 g/mol. The van der Waals surface area contributed by atoms with Gasteiger partial charge in [0.15, 0.2) is 9.84 Å². The Morgan fingerprint density at radius 2 is 1.90 bits per heavy atom. The van der Waals surface area contributed by atoms with Crippen molar-refractivity contribution in [2.45, 2.75) is 38.9 Å². The highest BCUT2D eigenvalue weighted by Crippen LogP contribution is 2.18. The lowest BCUT2D eigenvalue weighted by Crippen LogP contribution is -2.33. The lowest BCUT2D eigenvalue weighted by Gasteiger charge is -2.16. The molecule has 0 amide bonds. The lowest BCUT2D eigenvalue weighted by molar-refractivity contribution is 0.549. The standard InChI is InChI=1S/C23H26N2O3S/c1-17-7-8-19-14-20(15-24-21-10-12-29(27,28)16-21)23(26)25(22(19)13-17)11-9-18-5-3-2-4-6-18/h2-8,13-14,21,24H,9-12,15-16H2,1H3/t21-/m1/s1. The van der Waals surface area contributed by atoms with E-state index in [4.69, 9.17) is 0 Å². The zero-order valence-corrected chi connectivity index (χ0v) is 17.4. The van der Waals surface area contributed by atoms with Crippen LogP contribution < -0.4 is 10.9 Å². The van der Waals surface area contributed by atoms with Gasteiger partial charge >= 0.3 is 0 Å². The molecule has 1 aliphatic rings. The second-order valence-electron chi connectivity index (χ2n) is 7.91. The van der Waals surface area contributed by atoms with E-state index in [9.17, 15) is 13.2 Å². The van der Waals surface area contributed by atoms with E-state index in [1.807, 2.05) is 41.8 Å². The molecule has 3 aromatic rings. The molecular weight excluding hydrogens is 384 g/mol. The van der Waals surface area contributed by atoms with Gasteiger partial charge in [-0.15, -0.1) is 0 Å².